The number of ether oxygens (including phenoxy) is 1. The van der Waals surface area contributed by atoms with Crippen LogP contribution in [0.15, 0.2) is 77.3 Å². The minimum absolute atomic E-state index is 0.330. The predicted octanol–water partition coefficient (Wildman–Crippen LogP) is 6.04. The first-order chi connectivity index (χ1) is 16.0. The number of halogens is 1. The Balaban J connectivity index is 1.29. The number of benzene rings is 3. The van der Waals surface area contributed by atoms with Crippen molar-refractivity contribution in [3.8, 4) is 11.5 Å². The van der Waals surface area contributed by atoms with Crippen molar-refractivity contribution in [1.82, 2.24) is 9.80 Å². The van der Waals surface area contributed by atoms with E-state index in [2.05, 4.69) is 44.9 Å². The zero-order valence-electron chi connectivity index (χ0n) is 18.8. The summed E-state index contributed by atoms with van der Waals surface area (Å²) in [5.41, 5.74) is 2.75. The van der Waals surface area contributed by atoms with E-state index < -0.39 is 5.97 Å². The Labute approximate surface area is 203 Å². The van der Waals surface area contributed by atoms with E-state index in [-0.39, 0.29) is 0 Å². The lowest BCUT2D eigenvalue weighted by Gasteiger charge is -2.29. The van der Waals surface area contributed by atoms with E-state index in [0.29, 0.717) is 11.6 Å². The predicted molar refractivity (Wildman–Crippen MR) is 134 cm³/mol. The van der Waals surface area contributed by atoms with Crippen LogP contribution in [0.25, 0.3) is 0 Å². The van der Waals surface area contributed by atoms with Gasteiger partial charge in [-0.15, -0.1) is 0 Å². The number of carboxylic acid groups (broad SMARTS) is 1. The molecule has 5 nitrogen and oxygen atoms in total. The molecular weight excluding hydrogens is 480 g/mol. The lowest BCUT2D eigenvalue weighted by atomic mass is 10.1. The summed E-state index contributed by atoms with van der Waals surface area (Å²) in [7, 11) is 2.13. The molecule has 33 heavy (non-hydrogen) atoms. The largest absolute Gasteiger partial charge is 0.478 e. The molecule has 0 aliphatic carbocycles. The highest BCUT2D eigenvalue weighted by Crippen LogP contribution is 2.25. The number of nitrogens with zero attached hydrogens (tertiary/aromatic N) is 2. The zero-order chi connectivity index (χ0) is 23.2. The number of carbonyl (C=O) groups is 1. The number of rotatable bonds is 9. The van der Waals surface area contributed by atoms with E-state index >= 15 is 0 Å². The zero-order valence-corrected chi connectivity index (χ0v) is 20.4. The summed E-state index contributed by atoms with van der Waals surface area (Å²) in [6, 6.07) is 23.9. The summed E-state index contributed by atoms with van der Waals surface area (Å²) in [5.74, 6) is 0.781. The van der Waals surface area contributed by atoms with Gasteiger partial charge >= 0.3 is 5.97 Å². The molecule has 6 heteroatoms. The van der Waals surface area contributed by atoms with Gasteiger partial charge in [0.25, 0.3) is 0 Å². The van der Waals surface area contributed by atoms with E-state index in [0.717, 1.165) is 47.7 Å². The second kappa shape index (κ2) is 11.0. The average molecular weight is 509 g/mol. The molecule has 0 radical (unpaired) electrons. The van der Waals surface area contributed by atoms with Crippen molar-refractivity contribution in [2.24, 2.45) is 0 Å². The molecule has 1 atom stereocenters. The summed E-state index contributed by atoms with van der Waals surface area (Å²) in [6.07, 6.45) is 2.42. The van der Waals surface area contributed by atoms with Gasteiger partial charge in [0.1, 0.15) is 11.5 Å². The molecule has 0 bridgehead atoms. The number of carboxylic acids is 1. The van der Waals surface area contributed by atoms with Crippen molar-refractivity contribution < 1.29 is 14.6 Å². The van der Waals surface area contributed by atoms with Crippen LogP contribution in [0.1, 0.15) is 34.3 Å². The van der Waals surface area contributed by atoms with Gasteiger partial charge in [0, 0.05) is 30.1 Å². The maximum absolute atomic E-state index is 11.0. The molecule has 1 N–H and O–H groups in total. The second-order valence-electron chi connectivity index (χ2n) is 8.67. The number of likely N-dealkylation sites (N-methyl/N-ethyl adjacent to an activating group) is 1. The molecule has 4 rings (SSSR count). The molecule has 1 aliphatic rings. The summed E-state index contributed by atoms with van der Waals surface area (Å²) in [4.78, 5) is 15.9. The Morgan fingerprint density at radius 2 is 1.61 bits per heavy atom. The molecule has 0 amide bonds. The molecule has 0 aromatic heterocycles. The van der Waals surface area contributed by atoms with Gasteiger partial charge in [0.15, 0.2) is 0 Å². The Morgan fingerprint density at radius 3 is 2.24 bits per heavy atom. The Kier molecular flexibility index (Phi) is 7.81. The molecular formula is C27H29BrN2O3. The van der Waals surface area contributed by atoms with Crippen molar-refractivity contribution in [3.05, 3.63) is 94.0 Å². The van der Waals surface area contributed by atoms with Crippen molar-refractivity contribution >= 4 is 21.9 Å². The first-order valence-electron chi connectivity index (χ1n) is 11.2. The second-order valence-corrected chi connectivity index (χ2v) is 9.58. The van der Waals surface area contributed by atoms with Crippen molar-refractivity contribution in [1.29, 1.82) is 0 Å². The van der Waals surface area contributed by atoms with Crippen LogP contribution >= 0.6 is 15.9 Å². The third-order valence-corrected chi connectivity index (χ3v) is 6.56. The van der Waals surface area contributed by atoms with E-state index in [9.17, 15) is 4.79 Å². The van der Waals surface area contributed by atoms with Crippen LogP contribution in [0.2, 0.25) is 0 Å². The first kappa shape index (κ1) is 23.5. The topological polar surface area (TPSA) is 53.0 Å². The molecule has 1 fully saturated rings. The lowest BCUT2D eigenvalue weighted by molar-refractivity contribution is 0.0697. The maximum atomic E-state index is 11.0. The van der Waals surface area contributed by atoms with Gasteiger partial charge in [-0.2, -0.15) is 0 Å². The number of hydrogen-bond acceptors (Lipinski definition) is 4. The first-order valence-corrected chi connectivity index (χ1v) is 12.0. The number of hydrogen-bond donors (Lipinski definition) is 1. The molecule has 3 aromatic carbocycles. The van der Waals surface area contributed by atoms with Crippen LogP contribution in [0, 0.1) is 0 Å². The molecule has 1 heterocycles. The van der Waals surface area contributed by atoms with Crippen molar-refractivity contribution in [3.63, 3.8) is 0 Å². The number of likely N-dealkylation sites (tertiary alicyclic amines) is 1. The van der Waals surface area contributed by atoms with Gasteiger partial charge in [0.2, 0.25) is 0 Å². The van der Waals surface area contributed by atoms with E-state index in [4.69, 9.17) is 9.84 Å². The third kappa shape index (κ3) is 6.67. The molecule has 172 valence electrons. The molecule has 3 aromatic rings. The standard InChI is InChI=1S/C27H29BrN2O3/c1-29(17-20-4-8-22(9-5-20)27(31)32)19-24-3-2-16-30(24)18-21-6-12-25(13-7-21)33-26-14-10-23(28)11-15-26/h4-15,24H,2-3,16-19H2,1H3,(H,31,32). The maximum Gasteiger partial charge on any atom is 0.335 e. The molecule has 1 unspecified atom stereocenters. The molecule has 1 saturated heterocycles. The van der Waals surface area contributed by atoms with Crippen LogP contribution in [0.5, 0.6) is 11.5 Å². The van der Waals surface area contributed by atoms with Gasteiger partial charge in [-0.1, -0.05) is 40.2 Å². The quantitative estimate of drug-likeness (QED) is 0.382. The van der Waals surface area contributed by atoms with Gasteiger partial charge in [0.05, 0.1) is 5.56 Å². The highest BCUT2D eigenvalue weighted by molar-refractivity contribution is 9.10. The van der Waals surface area contributed by atoms with E-state index in [1.165, 1.54) is 18.4 Å². The minimum Gasteiger partial charge on any atom is -0.478 e. The van der Waals surface area contributed by atoms with Crippen LogP contribution in [0.3, 0.4) is 0 Å². The van der Waals surface area contributed by atoms with E-state index in [1.54, 1.807) is 12.1 Å². The van der Waals surface area contributed by atoms with Crippen LogP contribution in [-0.4, -0.2) is 47.1 Å². The van der Waals surface area contributed by atoms with Gasteiger partial charge in [-0.25, -0.2) is 4.79 Å². The van der Waals surface area contributed by atoms with Crippen LogP contribution < -0.4 is 4.74 Å². The monoisotopic (exact) mass is 508 g/mol. The van der Waals surface area contributed by atoms with Crippen molar-refractivity contribution in [2.45, 2.75) is 32.0 Å². The fourth-order valence-electron chi connectivity index (χ4n) is 4.33. The fraction of sp³-hybridized carbons (Fsp3) is 0.296. The highest BCUT2D eigenvalue weighted by Gasteiger charge is 2.25. The van der Waals surface area contributed by atoms with Crippen LogP contribution in [0.4, 0.5) is 0 Å². The summed E-state index contributed by atoms with van der Waals surface area (Å²) in [5, 5.41) is 9.06. The smallest absolute Gasteiger partial charge is 0.335 e. The summed E-state index contributed by atoms with van der Waals surface area (Å²) in [6.45, 7) is 3.85. The average Bonchev–Trinajstić information content (AvgIpc) is 3.23. The SMILES string of the molecule is CN(Cc1ccc(C(=O)O)cc1)CC1CCCN1Cc1ccc(Oc2ccc(Br)cc2)cc1. The van der Waals surface area contributed by atoms with Crippen molar-refractivity contribution in [2.75, 3.05) is 20.1 Å². The normalized spacial score (nSPS) is 16.3. The highest BCUT2D eigenvalue weighted by atomic mass is 79.9. The molecule has 0 spiro atoms. The summed E-state index contributed by atoms with van der Waals surface area (Å²) >= 11 is 3.44. The number of aromatic carboxylic acids is 1. The van der Waals surface area contributed by atoms with E-state index in [1.807, 2.05) is 48.5 Å². The van der Waals surface area contributed by atoms with Gasteiger partial charge in [-0.3, -0.25) is 4.90 Å². The Bertz CT molecular complexity index is 1050. The van der Waals surface area contributed by atoms with Gasteiger partial charge in [-0.05, 0) is 86.1 Å². The van der Waals surface area contributed by atoms with Crippen LogP contribution in [-0.2, 0) is 13.1 Å². The lowest BCUT2D eigenvalue weighted by Crippen LogP contribution is -2.38. The molecule has 0 saturated carbocycles. The minimum atomic E-state index is -0.885. The van der Waals surface area contributed by atoms with Gasteiger partial charge < -0.3 is 14.7 Å². The third-order valence-electron chi connectivity index (χ3n) is 6.03. The molecule has 1 aliphatic heterocycles. The fourth-order valence-corrected chi connectivity index (χ4v) is 4.60. The summed E-state index contributed by atoms with van der Waals surface area (Å²) < 4.78 is 6.97. The Morgan fingerprint density at radius 1 is 1.00 bits per heavy atom. The Hall–Kier alpha value is -2.67.